The van der Waals surface area contributed by atoms with Crippen molar-refractivity contribution in [1.82, 2.24) is 0 Å². The molecule has 182 valence electrons. The number of ether oxygens (including phenoxy) is 4. The Hall–Kier alpha value is -4.24. The summed E-state index contributed by atoms with van der Waals surface area (Å²) >= 11 is 0.898. The smallest absolute Gasteiger partial charge is 0.348 e. The van der Waals surface area contributed by atoms with E-state index in [1.165, 1.54) is 6.07 Å². The van der Waals surface area contributed by atoms with E-state index >= 15 is 0 Å². The van der Waals surface area contributed by atoms with Crippen LogP contribution in [0.5, 0.6) is 11.5 Å². The molecular formula is C23H20N2O9S. The number of fused-ring (bicyclic) bond motifs is 1. The summed E-state index contributed by atoms with van der Waals surface area (Å²) in [5.41, 5.74) is -0.420. The minimum absolute atomic E-state index is 0.0238. The second-order valence-corrected chi connectivity index (χ2v) is 8.19. The summed E-state index contributed by atoms with van der Waals surface area (Å²) in [6.45, 7) is 4.88. The number of hydrogen-bond donors (Lipinski definition) is 0. The molecule has 0 spiro atoms. The second-order valence-electron chi connectivity index (χ2n) is 7.09. The fraction of sp³-hybridized carbons (Fsp3) is 0.304. The van der Waals surface area contributed by atoms with Crippen LogP contribution in [0, 0.1) is 28.4 Å². The van der Waals surface area contributed by atoms with E-state index in [-0.39, 0.29) is 63.6 Å². The monoisotopic (exact) mass is 500 g/mol. The predicted molar refractivity (Wildman–Crippen MR) is 122 cm³/mol. The van der Waals surface area contributed by atoms with Crippen LogP contribution in [0.15, 0.2) is 17.7 Å². The molecule has 0 unspecified atom stereocenters. The van der Waals surface area contributed by atoms with Crippen molar-refractivity contribution in [1.29, 1.82) is 5.26 Å². The van der Waals surface area contributed by atoms with Crippen molar-refractivity contribution in [2.24, 2.45) is 0 Å². The number of thiophene rings is 1. The molecule has 1 aliphatic heterocycles. The number of carbonyl (C=O) groups excluding carboxylic acids is 3. The highest BCUT2D eigenvalue weighted by molar-refractivity contribution is 7.14. The Morgan fingerprint density at radius 2 is 1.80 bits per heavy atom. The minimum Gasteiger partial charge on any atom is -0.462 e. The largest absolute Gasteiger partial charge is 0.462 e. The lowest BCUT2D eigenvalue weighted by atomic mass is 10.0. The molecule has 1 aromatic carbocycles. The molecule has 2 aromatic rings. The van der Waals surface area contributed by atoms with Crippen molar-refractivity contribution >= 4 is 40.8 Å². The molecule has 1 aromatic heterocycles. The molecule has 3 rings (SSSR count). The first-order valence-corrected chi connectivity index (χ1v) is 11.2. The zero-order valence-electron chi connectivity index (χ0n) is 19.0. The number of nitrogens with zero attached hydrogens (tertiary/aromatic N) is 2. The van der Waals surface area contributed by atoms with Crippen LogP contribution in [0.3, 0.4) is 0 Å². The van der Waals surface area contributed by atoms with Crippen LogP contribution in [0.2, 0.25) is 0 Å². The Kier molecular flexibility index (Phi) is 7.83. The van der Waals surface area contributed by atoms with Gasteiger partial charge in [0.05, 0.1) is 40.9 Å². The average molecular weight is 500 g/mol. The van der Waals surface area contributed by atoms with E-state index in [1.807, 2.05) is 0 Å². The summed E-state index contributed by atoms with van der Waals surface area (Å²) < 4.78 is 20.5. The molecular weight excluding hydrogens is 480 g/mol. The third-order valence-electron chi connectivity index (χ3n) is 4.92. The van der Waals surface area contributed by atoms with E-state index in [4.69, 9.17) is 18.9 Å². The number of benzene rings is 1. The van der Waals surface area contributed by atoms with E-state index in [9.17, 15) is 29.8 Å². The molecule has 12 heteroatoms. The maximum absolute atomic E-state index is 13.0. The van der Waals surface area contributed by atoms with Gasteiger partial charge in [-0.2, -0.15) is 5.26 Å². The molecule has 0 bridgehead atoms. The van der Waals surface area contributed by atoms with E-state index in [0.29, 0.717) is 5.56 Å². The van der Waals surface area contributed by atoms with Crippen molar-refractivity contribution < 1.29 is 38.3 Å². The van der Waals surface area contributed by atoms with Gasteiger partial charge in [0.15, 0.2) is 17.3 Å². The summed E-state index contributed by atoms with van der Waals surface area (Å²) in [4.78, 5) is 49.1. The van der Waals surface area contributed by atoms with Crippen LogP contribution in [0.25, 0.3) is 6.08 Å². The third-order valence-corrected chi connectivity index (χ3v) is 6.19. The fourth-order valence-corrected chi connectivity index (χ4v) is 4.54. The highest BCUT2D eigenvalue weighted by atomic mass is 32.1. The van der Waals surface area contributed by atoms with E-state index < -0.39 is 29.1 Å². The maximum atomic E-state index is 13.0. The standard InChI is InChI=1S/C23H20N2O9S/c1-4-31-22(27)20-12(3)21(23(28)32-5-2)35-19(20)9-16(26)14(10-24)6-13-7-17-18(34-11-33-17)8-15(13)25(29)30/h6-8H,4-5,9,11H2,1-3H3. The molecule has 0 radical (unpaired) electrons. The molecule has 0 saturated heterocycles. The SMILES string of the molecule is CCOC(=O)c1sc(CC(=O)C(C#N)=Cc2cc3c(cc2[N+](=O)[O-])OCO3)c(C(=O)OCC)c1C. The van der Waals surface area contributed by atoms with Gasteiger partial charge in [0.25, 0.3) is 5.69 Å². The quantitative estimate of drug-likeness (QED) is 0.163. The molecule has 0 aliphatic carbocycles. The lowest BCUT2D eigenvalue weighted by Crippen LogP contribution is -2.12. The third kappa shape index (κ3) is 5.30. The number of Topliss-reactive ketones (excluding diaryl/α,β-unsaturated/α-hetero) is 1. The Balaban J connectivity index is 2.01. The first-order chi connectivity index (χ1) is 16.7. The fourth-order valence-electron chi connectivity index (χ4n) is 3.35. The first-order valence-electron chi connectivity index (χ1n) is 10.4. The van der Waals surface area contributed by atoms with E-state index in [2.05, 4.69) is 0 Å². The number of nitriles is 1. The number of esters is 2. The van der Waals surface area contributed by atoms with Gasteiger partial charge >= 0.3 is 11.9 Å². The van der Waals surface area contributed by atoms with Gasteiger partial charge in [-0.3, -0.25) is 14.9 Å². The molecule has 0 amide bonds. The van der Waals surface area contributed by atoms with Crippen molar-refractivity contribution in [3.63, 3.8) is 0 Å². The van der Waals surface area contributed by atoms with Crippen molar-refractivity contribution in [3.8, 4) is 17.6 Å². The van der Waals surface area contributed by atoms with E-state index in [1.54, 1.807) is 26.8 Å². The van der Waals surface area contributed by atoms with Gasteiger partial charge in [-0.1, -0.05) is 0 Å². The van der Waals surface area contributed by atoms with Gasteiger partial charge in [0.1, 0.15) is 10.9 Å². The van der Waals surface area contributed by atoms with Gasteiger partial charge in [0, 0.05) is 11.3 Å². The highest BCUT2D eigenvalue weighted by Crippen LogP contribution is 2.39. The maximum Gasteiger partial charge on any atom is 0.348 e. The van der Waals surface area contributed by atoms with Crippen molar-refractivity contribution in [3.05, 3.63) is 54.3 Å². The molecule has 35 heavy (non-hydrogen) atoms. The van der Waals surface area contributed by atoms with Crippen LogP contribution < -0.4 is 9.47 Å². The van der Waals surface area contributed by atoms with Crippen LogP contribution >= 0.6 is 11.3 Å². The van der Waals surface area contributed by atoms with Crippen molar-refractivity contribution in [2.45, 2.75) is 27.2 Å². The highest BCUT2D eigenvalue weighted by Gasteiger charge is 2.29. The summed E-state index contributed by atoms with van der Waals surface area (Å²) in [5.74, 6) is -1.65. The number of nitro benzene ring substituents is 1. The number of carbonyl (C=O) groups is 3. The molecule has 0 atom stereocenters. The summed E-state index contributed by atoms with van der Waals surface area (Å²) in [7, 11) is 0. The van der Waals surface area contributed by atoms with Crippen LogP contribution in [0.4, 0.5) is 5.69 Å². The Labute approximate surface area is 203 Å². The Bertz CT molecular complexity index is 1290. The predicted octanol–water partition coefficient (Wildman–Crippen LogP) is 3.77. The van der Waals surface area contributed by atoms with Crippen LogP contribution in [-0.4, -0.2) is 42.7 Å². The van der Waals surface area contributed by atoms with Gasteiger partial charge in [0.2, 0.25) is 6.79 Å². The molecule has 11 nitrogen and oxygen atoms in total. The second kappa shape index (κ2) is 10.8. The van der Waals surface area contributed by atoms with Gasteiger partial charge in [-0.05, 0) is 38.5 Å². The molecule has 0 saturated carbocycles. The number of ketones is 1. The normalized spacial score (nSPS) is 12.1. The Morgan fingerprint density at radius 1 is 1.17 bits per heavy atom. The summed E-state index contributed by atoms with van der Waals surface area (Å²) in [6, 6.07) is 4.22. The lowest BCUT2D eigenvalue weighted by molar-refractivity contribution is -0.385. The first kappa shape index (κ1) is 25.4. The van der Waals surface area contributed by atoms with Crippen molar-refractivity contribution in [2.75, 3.05) is 20.0 Å². The topological polar surface area (TPSA) is 155 Å². The minimum atomic E-state index is -0.714. The number of hydrogen-bond acceptors (Lipinski definition) is 11. The van der Waals surface area contributed by atoms with Crippen LogP contribution in [-0.2, 0) is 20.7 Å². The van der Waals surface area contributed by atoms with Gasteiger partial charge < -0.3 is 18.9 Å². The summed E-state index contributed by atoms with van der Waals surface area (Å²) in [5, 5.41) is 21.1. The van der Waals surface area contributed by atoms with Gasteiger partial charge in [-0.25, -0.2) is 9.59 Å². The lowest BCUT2D eigenvalue weighted by Gasteiger charge is -2.05. The molecule has 0 N–H and O–H groups in total. The Morgan fingerprint density at radius 3 is 2.40 bits per heavy atom. The van der Waals surface area contributed by atoms with E-state index in [0.717, 1.165) is 23.5 Å². The zero-order valence-corrected chi connectivity index (χ0v) is 19.9. The molecule has 1 aliphatic rings. The average Bonchev–Trinajstić information content (AvgIpc) is 3.40. The summed E-state index contributed by atoms with van der Waals surface area (Å²) in [6.07, 6.45) is 0.677. The number of nitro groups is 1. The molecule has 2 heterocycles. The van der Waals surface area contributed by atoms with Crippen LogP contribution in [0.1, 0.15) is 49.9 Å². The van der Waals surface area contributed by atoms with Gasteiger partial charge in [-0.15, -0.1) is 11.3 Å². The number of allylic oxidation sites excluding steroid dienone is 1. The number of rotatable bonds is 9. The molecule has 0 fully saturated rings. The zero-order chi connectivity index (χ0) is 25.7.